The summed E-state index contributed by atoms with van der Waals surface area (Å²) in [5, 5.41) is 0. The lowest BCUT2D eigenvalue weighted by atomic mass is 10.3. The van der Waals surface area contributed by atoms with Gasteiger partial charge in [-0.2, -0.15) is 0 Å². The summed E-state index contributed by atoms with van der Waals surface area (Å²) in [4.78, 5) is 8.62. The highest BCUT2D eigenvalue weighted by atomic mass is 35.5. The fourth-order valence-corrected chi connectivity index (χ4v) is 2.69. The second kappa shape index (κ2) is 6.29. The Morgan fingerprint density at radius 1 is 1.50 bits per heavy atom. The van der Waals surface area contributed by atoms with Crippen LogP contribution in [0.15, 0.2) is 18.5 Å². The third kappa shape index (κ3) is 3.09. The van der Waals surface area contributed by atoms with Crippen molar-refractivity contribution < 1.29 is 4.21 Å². The van der Waals surface area contributed by atoms with Crippen molar-refractivity contribution in [3.63, 3.8) is 0 Å². The van der Waals surface area contributed by atoms with Crippen LogP contribution in [0.5, 0.6) is 0 Å². The molecule has 0 saturated heterocycles. The van der Waals surface area contributed by atoms with Gasteiger partial charge in [0.15, 0.2) is 0 Å². The lowest BCUT2D eigenvalue weighted by Gasteiger charge is -2.07. The van der Waals surface area contributed by atoms with Gasteiger partial charge in [-0.1, -0.05) is 0 Å². The molecule has 18 heavy (non-hydrogen) atoms. The number of hydrogen-bond donors (Lipinski definition) is 0. The summed E-state index contributed by atoms with van der Waals surface area (Å²) in [5.41, 5.74) is 1.97. The number of fused-ring (bicyclic) bond motifs is 1. The van der Waals surface area contributed by atoms with Crippen LogP contribution in [0.25, 0.3) is 11.0 Å². The van der Waals surface area contributed by atoms with Crippen LogP contribution in [0.1, 0.15) is 12.2 Å². The van der Waals surface area contributed by atoms with Crippen molar-refractivity contribution in [1.82, 2.24) is 14.5 Å². The maximum absolute atomic E-state index is 11.1. The molecule has 98 valence electrons. The Labute approximate surface area is 114 Å². The molecule has 0 spiro atoms. The van der Waals surface area contributed by atoms with E-state index in [0.717, 1.165) is 36.2 Å². The molecule has 4 nitrogen and oxygen atoms in total. The zero-order valence-corrected chi connectivity index (χ0v) is 11.9. The molecule has 2 aromatic heterocycles. The van der Waals surface area contributed by atoms with E-state index in [9.17, 15) is 4.21 Å². The first kappa shape index (κ1) is 13.5. The zero-order valence-electron chi connectivity index (χ0n) is 10.3. The Morgan fingerprint density at radius 3 is 3.06 bits per heavy atom. The summed E-state index contributed by atoms with van der Waals surface area (Å²) in [7, 11) is -0.743. The highest BCUT2D eigenvalue weighted by Gasteiger charge is 2.09. The summed E-state index contributed by atoms with van der Waals surface area (Å²) in [6.07, 6.45) is 6.89. The lowest BCUT2D eigenvalue weighted by Crippen LogP contribution is -2.07. The molecule has 0 N–H and O–H groups in total. The van der Waals surface area contributed by atoms with Gasteiger partial charge in [-0.15, -0.1) is 11.6 Å². The molecule has 2 rings (SSSR count). The van der Waals surface area contributed by atoms with Crippen LogP contribution in [0, 0.1) is 0 Å². The van der Waals surface area contributed by atoms with E-state index in [0.29, 0.717) is 11.6 Å². The van der Waals surface area contributed by atoms with Gasteiger partial charge in [0.1, 0.15) is 11.3 Å². The number of imidazole rings is 1. The predicted molar refractivity (Wildman–Crippen MR) is 75.5 cm³/mol. The Bertz CT molecular complexity index is 555. The number of pyridine rings is 1. The molecule has 0 aromatic carbocycles. The Hall–Kier alpha value is -0.940. The minimum Gasteiger partial charge on any atom is -0.328 e. The maximum atomic E-state index is 11.1. The van der Waals surface area contributed by atoms with Crippen LogP contribution in [0.3, 0.4) is 0 Å². The topological polar surface area (TPSA) is 47.8 Å². The fourth-order valence-electron chi connectivity index (χ4n) is 1.98. The van der Waals surface area contributed by atoms with Crippen LogP contribution < -0.4 is 0 Å². The van der Waals surface area contributed by atoms with Crippen molar-refractivity contribution >= 4 is 33.4 Å². The minimum absolute atomic E-state index is 0.552. The zero-order chi connectivity index (χ0) is 13.0. The van der Waals surface area contributed by atoms with Crippen molar-refractivity contribution in [3.8, 4) is 0 Å². The van der Waals surface area contributed by atoms with Crippen molar-refractivity contribution in [2.75, 3.05) is 17.9 Å². The van der Waals surface area contributed by atoms with Gasteiger partial charge in [-0.25, -0.2) is 4.98 Å². The normalized spacial score (nSPS) is 13.0. The summed E-state index contributed by atoms with van der Waals surface area (Å²) < 4.78 is 13.3. The van der Waals surface area contributed by atoms with Gasteiger partial charge in [0.25, 0.3) is 0 Å². The van der Waals surface area contributed by atoms with Gasteiger partial charge >= 0.3 is 0 Å². The quantitative estimate of drug-likeness (QED) is 0.763. The SMILES string of the molecule is CS(=O)CCCn1c(CCCl)nc2cnccc21. The molecule has 0 fully saturated rings. The van der Waals surface area contributed by atoms with Gasteiger partial charge in [0.2, 0.25) is 0 Å². The second-order valence-electron chi connectivity index (χ2n) is 4.11. The van der Waals surface area contributed by atoms with Crippen LogP contribution in [-0.2, 0) is 23.8 Å². The molecule has 0 aliphatic rings. The van der Waals surface area contributed by atoms with Gasteiger partial charge in [-0.05, 0) is 12.5 Å². The molecular weight excluding hydrogens is 270 g/mol. The summed E-state index contributed by atoms with van der Waals surface area (Å²) in [6.45, 7) is 0.826. The average Bonchev–Trinajstić information content (AvgIpc) is 2.68. The maximum Gasteiger partial charge on any atom is 0.111 e. The smallest absolute Gasteiger partial charge is 0.111 e. The van der Waals surface area contributed by atoms with E-state index in [1.54, 1.807) is 18.6 Å². The number of halogens is 1. The van der Waals surface area contributed by atoms with Crippen LogP contribution in [-0.4, -0.2) is 36.6 Å². The Balaban J connectivity index is 2.26. The van der Waals surface area contributed by atoms with E-state index in [4.69, 9.17) is 11.6 Å². The van der Waals surface area contributed by atoms with E-state index in [1.807, 2.05) is 6.07 Å². The van der Waals surface area contributed by atoms with E-state index in [2.05, 4.69) is 14.5 Å². The second-order valence-corrected chi connectivity index (χ2v) is 6.05. The standard InChI is InChI=1S/C12H16ClN3OS/c1-18(17)8-2-7-16-11-4-6-14-9-10(11)15-12(16)3-5-13/h4,6,9H,2-3,5,7-8H2,1H3. The third-order valence-electron chi connectivity index (χ3n) is 2.76. The van der Waals surface area contributed by atoms with Crippen LogP contribution in [0.2, 0.25) is 0 Å². The predicted octanol–water partition coefficient (Wildman–Crippen LogP) is 1.98. The van der Waals surface area contributed by atoms with Crippen LogP contribution in [0.4, 0.5) is 0 Å². The first-order valence-electron chi connectivity index (χ1n) is 5.87. The summed E-state index contributed by atoms with van der Waals surface area (Å²) in [5.74, 6) is 2.25. The lowest BCUT2D eigenvalue weighted by molar-refractivity contribution is 0.650. The van der Waals surface area contributed by atoms with E-state index >= 15 is 0 Å². The highest BCUT2D eigenvalue weighted by Crippen LogP contribution is 2.16. The first-order chi connectivity index (χ1) is 8.72. The number of aryl methyl sites for hydroxylation is 2. The fraction of sp³-hybridized carbons (Fsp3) is 0.500. The molecule has 0 aliphatic heterocycles. The number of rotatable bonds is 6. The molecule has 0 bridgehead atoms. The number of aromatic nitrogens is 3. The molecular formula is C12H16ClN3OS. The van der Waals surface area contributed by atoms with Gasteiger partial charge < -0.3 is 4.57 Å². The molecule has 6 heteroatoms. The molecule has 0 radical (unpaired) electrons. The first-order valence-corrected chi connectivity index (χ1v) is 8.13. The summed E-state index contributed by atoms with van der Waals surface area (Å²) in [6, 6.07) is 1.96. The van der Waals surface area contributed by atoms with Crippen molar-refractivity contribution in [2.45, 2.75) is 19.4 Å². The summed E-state index contributed by atoms with van der Waals surface area (Å²) >= 11 is 5.80. The number of alkyl halides is 1. The van der Waals surface area contributed by atoms with Crippen molar-refractivity contribution in [2.24, 2.45) is 0 Å². The molecule has 0 aliphatic carbocycles. The minimum atomic E-state index is -0.743. The molecule has 0 amide bonds. The largest absolute Gasteiger partial charge is 0.328 e. The van der Waals surface area contributed by atoms with Gasteiger partial charge in [-0.3, -0.25) is 9.19 Å². The van der Waals surface area contributed by atoms with Gasteiger partial charge in [0, 0.05) is 47.9 Å². The molecule has 0 saturated carbocycles. The van der Waals surface area contributed by atoms with E-state index < -0.39 is 10.8 Å². The van der Waals surface area contributed by atoms with E-state index in [-0.39, 0.29) is 0 Å². The van der Waals surface area contributed by atoms with Crippen molar-refractivity contribution in [3.05, 3.63) is 24.3 Å². The third-order valence-corrected chi connectivity index (χ3v) is 3.81. The molecule has 1 unspecified atom stereocenters. The van der Waals surface area contributed by atoms with E-state index in [1.165, 1.54) is 0 Å². The van der Waals surface area contributed by atoms with Crippen LogP contribution >= 0.6 is 11.6 Å². The Kier molecular flexibility index (Phi) is 4.72. The molecule has 2 aromatic rings. The average molecular weight is 286 g/mol. The number of hydrogen-bond acceptors (Lipinski definition) is 3. The number of nitrogens with zero attached hydrogens (tertiary/aromatic N) is 3. The van der Waals surface area contributed by atoms with Crippen molar-refractivity contribution in [1.29, 1.82) is 0 Å². The highest BCUT2D eigenvalue weighted by molar-refractivity contribution is 7.84. The Morgan fingerprint density at radius 2 is 2.33 bits per heavy atom. The molecule has 2 heterocycles. The van der Waals surface area contributed by atoms with Gasteiger partial charge in [0.05, 0.1) is 11.7 Å². The molecule has 1 atom stereocenters. The monoisotopic (exact) mass is 285 g/mol.